The van der Waals surface area contributed by atoms with Crippen molar-refractivity contribution in [2.24, 2.45) is 11.8 Å². The number of anilines is 1. The number of nitrogens with zero attached hydrogens (tertiary/aromatic N) is 2. The first kappa shape index (κ1) is 34.2. The Hall–Kier alpha value is -6.88. The smallest absolute Gasteiger partial charge is 0.313 e. The Morgan fingerprint density at radius 2 is 1.11 bits per heavy atom. The summed E-state index contributed by atoms with van der Waals surface area (Å²) in [7, 11) is 3.11. The second kappa shape index (κ2) is 12.7. The van der Waals surface area contributed by atoms with E-state index in [1.54, 1.807) is 87.0 Å². The summed E-state index contributed by atoms with van der Waals surface area (Å²) >= 11 is 0. The molecule has 268 valence electrons. The lowest BCUT2D eigenvalue weighted by Crippen LogP contribution is -2.45. The van der Waals surface area contributed by atoms with Gasteiger partial charge in [0, 0.05) is 13.0 Å². The van der Waals surface area contributed by atoms with Crippen molar-refractivity contribution in [1.29, 1.82) is 0 Å². The maximum atomic E-state index is 16.1. The Balaban J connectivity index is 1.49. The number of benzene rings is 5. The van der Waals surface area contributed by atoms with Crippen LogP contribution in [-0.4, -0.2) is 42.7 Å². The lowest BCUT2D eigenvalue weighted by molar-refractivity contribution is -0.385. The molecule has 5 aromatic carbocycles. The number of carbonyl (C=O) groups excluding carboxylic acids is 4. The maximum Gasteiger partial charge on any atom is 0.313 e. The van der Waals surface area contributed by atoms with Gasteiger partial charge >= 0.3 is 11.7 Å². The van der Waals surface area contributed by atoms with Crippen LogP contribution in [0.3, 0.4) is 0 Å². The van der Waals surface area contributed by atoms with Crippen molar-refractivity contribution in [2.45, 2.75) is 17.8 Å². The Kier molecular flexibility index (Phi) is 8.02. The van der Waals surface area contributed by atoms with Crippen molar-refractivity contribution in [1.82, 2.24) is 0 Å². The molecule has 0 unspecified atom stereocenters. The fraction of sp³-hybridized carbons (Fsp3) is 0.163. The molecule has 1 heterocycles. The van der Waals surface area contributed by atoms with Crippen LogP contribution in [0.25, 0.3) is 11.1 Å². The van der Waals surface area contributed by atoms with Crippen LogP contribution in [0.5, 0.6) is 17.2 Å². The molecule has 54 heavy (non-hydrogen) atoms. The Morgan fingerprint density at radius 1 is 0.667 bits per heavy atom. The van der Waals surface area contributed by atoms with Crippen LogP contribution in [0.4, 0.5) is 11.4 Å². The molecule has 2 fully saturated rings. The SMILES string of the molecule is COc1ccc(C2=C(c3ccc(OC)cc3)[C@@]3(c4ccccc4)C(=O)[C@@]2(c2ccccc2)[C@@H]2C(=O)N(c4ccc(OC(C)=O)c([N+](=O)[O-])c4)C(=O)[C@@H]23)cc1. The van der Waals surface area contributed by atoms with Crippen molar-refractivity contribution in [2.75, 3.05) is 19.1 Å². The van der Waals surface area contributed by atoms with E-state index >= 15 is 14.4 Å². The molecule has 0 N–H and O–H groups in total. The quantitative estimate of drug-likeness (QED) is 0.0533. The monoisotopic (exact) mass is 720 g/mol. The average molecular weight is 721 g/mol. The van der Waals surface area contributed by atoms with Gasteiger partial charge in [0.05, 0.1) is 47.5 Å². The third-order valence-corrected chi connectivity index (χ3v) is 10.9. The van der Waals surface area contributed by atoms with E-state index in [-0.39, 0.29) is 17.2 Å². The number of nitro groups is 1. The van der Waals surface area contributed by atoms with Gasteiger partial charge in [0.25, 0.3) is 0 Å². The van der Waals surface area contributed by atoms with Gasteiger partial charge in [-0.15, -0.1) is 0 Å². The Morgan fingerprint density at radius 3 is 1.50 bits per heavy atom. The first-order valence-corrected chi connectivity index (χ1v) is 17.1. The molecule has 1 saturated heterocycles. The molecular formula is C43H32N2O9. The average Bonchev–Trinajstić information content (AvgIpc) is 3.70. The second-order valence-corrected chi connectivity index (χ2v) is 13.4. The summed E-state index contributed by atoms with van der Waals surface area (Å²) in [4.78, 5) is 70.8. The molecule has 0 aromatic heterocycles. The van der Waals surface area contributed by atoms with E-state index in [0.717, 1.165) is 17.9 Å². The molecule has 1 saturated carbocycles. The fourth-order valence-corrected chi connectivity index (χ4v) is 8.92. The Labute approximate surface area is 309 Å². The van der Waals surface area contributed by atoms with Gasteiger partial charge in [-0.3, -0.25) is 29.3 Å². The number of ketones is 1. The molecule has 0 radical (unpaired) electrons. The van der Waals surface area contributed by atoms with Crippen molar-refractivity contribution in [3.63, 3.8) is 0 Å². The van der Waals surface area contributed by atoms with Crippen molar-refractivity contribution in [3.05, 3.63) is 160 Å². The van der Waals surface area contributed by atoms with E-state index in [9.17, 15) is 14.9 Å². The molecule has 1 aliphatic heterocycles. The first-order valence-electron chi connectivity index (χ1n) is 17.1. The zero-order valence-electron chi connectivity index (χ0n) is 29.3. The molecule has 8 rings (SSSR count). The highest BCUT2D eigenvalue weighted by Gasteiger charge is 2.82. The fourth-order valence-electron chi connectivity index (χ4n) is 8.92. The summed E-state index contributed by atoms with van der Waals surface area (Å²) in [5.41, 5.74) is -0.610. The number of hydrogen-bond acceptors (Lipinski definition) is 9. The van der Waals surface area contributed by atoms with Crippen LogP contribution >= 0.6 is 0 Å². The number of carbonyl (C=O) groups is 4. The van der Waals surface area contributed by atoms with Gasteiger partial charge in [0.2, 0.25) is 17.6 Å². The number of ether oxygens (including phenoxy) is 3. The van der Waals surface area contributed by atoms with E-state index in [1.165, 1.54) is 12.1 Å². The highest BCUT2D eigenvalue weighted by molar-refractivity contribution is 6.39. The zero-order chi connectivity index (χ0) is 37.9. The number of nitro benzene ring substituents is 1. The lowest BCUT2D eigenvalue weighted by Gasteiger charge is -2.39. The minimum atomic E-state index is -1.70. The van der Waals surface area contributed by atoms with Crippen LogP contribution in [0.2, 0.25) is 0 Å². The van der Waals surface area contributed by atoms with Crippen molar-refractivity contribution < 1.29 is 38.3 Å². The third kappa shape index (κ3) is 4.60. The summed E-state index contributed by atoms with van der Waals surface area (Å²) in [5.74, 6) is -4.15. The van der Waals surface area contributed by atoms with Crippen LogP contribution in [-0.2, 0) is 30.0 Å². The number of methoxy groups -OCH3 is 2. The van der Waals surface area contributed by atoms with Crippen LogP contribution < -0.4 is 19.1 Å². The first-order chi connectivity index (χ1) is 26.1. The highest BCUT2D eigenvalue weighted by atomic mass is 16.6. The normalized spacial score (nSPS) is 22.7. The number of imide groups is 1. The summed E-state index contributed by atoms with van der Waals surface area (Å²) in [6.45, 7) is 1.11. The molecule has 2 aliphatic carbocycles. The third-order valence-electron chi connectivity index (χ3n) is 10.9. The number of Topliss-reactive ketones (excluding diaryl/α,β-unsaturated/α-hetero) is 1. The summed E-state index contributed by atoms with van der Waals surface area (Å²) in [6.07, 6.45) is 0. The minimum absolute atomic E-state index is 0.0859. The van der Waals surface area contributed by atoms with E-state index in [2.05, 4.69) is 0 Å². The number of esters is 1. The van der Waals surface area contributed by atoms with Gasteiger partial charge in [-0.05, 0) is 69.8 Å². The number of hydrogen-bond donors (Lipinski definition) is 0. The molecule has 2 bridgehead atoms. The van der Waals surface area contributed by atoms with E-state index in [4.69, 9.17) is 14.2 Å². The lowest BCUT2D eigenvalue weighted by atomic mass is 9.59. The molecule has 4 atom stereocenters. The van der Waals surface area contributed by atoms with Gasteiger partial charge in [-0.2, -0.15) is 0 Å². The maximum absolute atomic E-state index is 16.1. The van der Waals surface area contributed by atoms with Crippen LogP contribution in [0.15, 0.2) is 127 Å². The van der Waals surface area contributed by atoms with Crippen molar-refractivity contribution >= 4 is 46.1 Å². The molecule has 3 aliphatic rings. The zero-order valence-corrected chi connectivity index (χ0v) is 29.3. The Bertz CT molecular complexity index is 2280. The van der Waals surface area contributed by atoms with Gasteiger partial charge in [-0.25, -0.2) is 4.90 Å². The molecule has 2 amide bonds. The number of fused-ring (bicyclic) bond motifs is 5. The topological polar surface area (TPSA) is 142 Å². The molecule has 11 nitrogen and oxygen atoms in total. The number of rotatable bonds is 9. The van der Waals surface area contributed by atoms with Gasteiger partial charge in [-0.1, -0.05) is 84.9 Å². The van der Waals surface area contributed by atoms with Crippen LogP contribution in [0.1, 0.15) is 29.2 Å². The minimum Gasteiger partial charge on any atom is -0.497 e. The standard InChI is InChI=1S/C43H32N2O9/c1-25(46)54-34-23-18-30(24-33(34)45(50)51)44-39(47)37-38(40(44)48)43(29-12-8-5-9-13-29)36(27-16-21-32(53-3)22-17-27)35(26-14-19-31(52-2)20-15-26)42(37,41(43)49)28-10-6-4-7-11-28/h4-24,37-38H,1-3H3/t37-,38+,42-,43-/m1/s1. The predicted octanol–water partition coefficient (Wildman–Crippen LogP) is 6.73. The molecule has 11 heteroatoms. The number of allylic oxidation sites excluding steroid dienone is 2. The number of amides is 2. The van der Waals surface area contributed by atoms with Gasteiger partial charge in [0.15, 0.2) is 5.78 Å². The summed E-state index contributed by atoms with van der Waals surface area (Å²) < 4.78 is 16.1. The van der Waals surface area contributed by atoms with E-state index < -0.39 is 51.1 Å². The van der Waals surface area contributed by atoms with Gasteiger partial charge < -0.3 is 14.2 Å². The van der Waals surface area contributed by atoms with E-state index in [1.807, 2.05) is 36.4 Å². The predicted molar refractivity (Wildman–Crippen MR) is 198 cm³/mol. The van der Waals surface area contributed by atoms with E-state index in [0.29, 0.717) is 44.9 Å². The van der Waals surface area contributed by atoms with Crippen LogP contribution in [0, 0.1) is 22.0 Å². The van der Waals surface area contributed by atoms with Gasteiger partial charge in [0.1, 0.15) is 11.5 Å². The summed E-state index contributed by atoms with van der Waals surface area (Å²) in [6, 6.07) is 36.1. The largest absolute Gasteiger partial charge is 0.497 e. The highest BCUT2D eigenvalue weighted by Crippen LogP contribution is 2.74. The van der Waals surface area contributed by atoms with Crippen molar-refractivity contribution in [3.8, 4) is 17.2 Å². The second-order valence-electron chi connectivity index (χ2n) is 13.4. The molecular weight excluding hydrogens is 688 g/mol. The molecule has 5 aromatic rings. The molecule has 0 spiro atoms. The summed E-state index contributed by atoms with van der Waals surface area (Å²) in [5, 5.41) is 12.2.